The second-order valence-corrected chi connectivity index (χ2v) is 7.36. The van der Waals surface area contributed by atoms with Gasteiger partial charge in [0.1, 0.15) is 0 Å². The lowest BCUT2D eigenvalue weighted by molar-refractivity contribution is 0.0972. The number of urea groups is 1. The van der Waals surface area contributed by atoms with E-state index in [0.717, 1.165) is 16.5 Å². The molecule has 6 heteroatoms. The largest absolute Gasteiger partial charge is 0.393 e. The van der Waals surface area contributed by atoms with Crippen molar-refractivity contribution in [1.29, 1.82) is 0 Å². The van der Waals surface area contributed by atoms with Crippen molar-refractivity contribution >= 4 is 22.8 Å². The highest BCUT2D eigenvalue weighted by Crippen LogP contribution is 2.28. The molecule has 0 spiro atoms. The molecule has 2 amide bonds. The van der Waals surface area contributed by atoms with Gasteiger partial charge in [-0.2, -0.15) is 5.10 Å². The molecule has 3 N–H and O–H groups in total. The topological polar surface area (TPSA) is 81.2 Å². The average molecular weight is 364 g/mol. The molecule has 2 aromatic carbocycles. The number of carbonyl (C=O) groups is 1. The number of aliphatic hydroxyl groups is 1. The van der Waals surface area contributed by atoms with E-state index in [-0.39, 0.29) is 12.1 Å². The van der Waals surface area contributed by atoms with Crippen LogP contribution in [-0.2, 0) is 0 Å². The fourth-order valence-corrected chi connectivity index (χ4v) is 3.69. The third kappa shape index (κ3) is 3.66. The number of carbonyl (C=O) groups excluding carboxylic acids is 1. The number of aromatic amines is 1. The quantitative estimate of drug-likeness (QED) is 0.646. The van der Waals surface area contributed by atoms with Crippen LogP contribution in [0.4, 0.5) is 10.6 Å². The van der Waals surface area contributed by atoms with Gasteiger partial charge in [0.2, 0.25) is 0 Å². The van der Waals surface area contributed by atoms with Gasteiger partial charge in [-0.15, -0.1) is 0 Å². The summed E-state index contributed by atoms with van der Waals surface area (Å²) >= 11 is 0. The van der Waals surface area contributed by atoms with Crippen molar-refractivity contribution in [3.05, 3.63) is 47.5 Å². The fourth-order valence-electron chi connectivity index (χ4n) is 3.69. The summed E-state index contributed by atoms with van der Waals surface area (Å²) in [5.41, 5.74) is 5.63. The minimum Gasteiger partial charge on any atom is -0.393 e. The van der Waals surface area contributed by atoms with Crippen molar-refractivity contribution in [3.8, 4) is 11.1 Å². The SMILES string of the molecule is Cc1cc(C)cc(-c2ccc3c(NC(=O)N4CCC(O)CC4)n[nH]c3c2)c1. The highest BCUT2D eigenvalue weighted by molar-refractivity contribution is 6.00. The number of nitrogens with zero attached hydrogens (tertiary/aromatic N) is 2. The molecular formula is C21H24N4O2. The Morgan fingerprint density at radius 1 is 1.11 bits per heavy atom. The van der Waals surface area contributed by atoms with E-state index in [1.807, 2.05) is 6.07 Å². The molecule has 4 rings (SSSR count). The molecule has 3 aromatic rings. The Morgan fingerprint density at radius 3 is 2.52 bits per heavy atom. The molecule has 1 aromatic heterocycles. The number of aryl methyl sites for hydroxylation is 2. The summed E-state index contributed by atoms with van der Waals surface area (Å²) in [5, 5.41) is 20.7. The Balaban J connectivity index is 1.56. The maximum absolute atomic E-state index is 12.5. The highest BCUT2D eigenvalue weighted by atomic mass is 16.3. The smallest absolute Gasteiger partial charge is 0.323 e. The summed E-state index contributed by atoms with van der Waals surface area (Å²) in [7, 11) is 0. The zero-order valence-corrected chi connectivity index (χ0v) is 15.6. The van der Waals surface area contributed by atoms with Crippen molar-refractivity contribution in [2.45, 2.75) is 32.8 Å². The summed E-state index contributed by atoms with van der Waals surface area (Å²) in [6, 6.07) is 12.4. The molecule has 0 saturated carbocycles. The number of amides is 2. The number of fused-ring (bicyclic) bond motifs is 1. The molecule has 6 nitrogen and oxygen atoms in total. The third-order valence-corrected chi connectivity index (χ3v) is 5.09. The third-order valence-electron chi connectivity index (χ3n) is 5.09. The zero-order valence-electron chi connectivity index (χ0n) is 15.6. The summed E-state index contributed by atoms with van der Waals surface area (Å²) in [4.78, 5) is 14.2. The molecular weight excluding hydrogens is 340 g/mol. The van der Waals surface area contributed by atoms with E-state index >= 15 is 0 Å². The number of likely N-dealkylation sites (tertiary alicyclic amines) is 1. The van der Waals surface area contributed by atoms with E-state index in [1.165, 1.54) is 16.7 Å². The Bertz CT molecular complexity index is 967. The molecule has 2 heterocycles. The van der Waals surface area contributed by atoms with Gasteiger partial charge in [0, 0.05) is 18.5 Å². The van der Waals surface area contributed by atoms with Crippen LogP contribution in [-0.4, -0.2) is 45.4 Å². The van der Waals surface area contributed by atoms with Gasteiger partial charge in [-0.25, -0.2) is 4.79 Å². The maximum atomic E-state index is 12.5. The Hall–Kier alpha value is -2.86. The number of hydrogen-bond donors (Lipinski definition) is 3. The summed E-state index contributed by atoms with van der Waals surface area (Å²) in [5.74, 6) is 0.535. The van der Waals surface area contributed by atoms with E-state index in [4.69, 9.17) is 0 Å². The normalized spacial score (nSPS) is 15.3. The predicted octanol–water partition coefficient (Wildman–Crippen LogP) is 3.84. The minimum absolute atomic E-state index is 0.173. The molecule has 1 aliphatic heterocycles. The Kier molecular flexibility index (Phi) is 4.58. The van der Waals surface area contributed by atoms with Crippen LogP contribution in [0.25, 0.3) is 22.0 Å². The number of piperidine rings is 1. The number of rotatable bonds is 2. The Morgan fingerprint density at radius 2 is 1.81 bits per heavy atom. The van der Waals surface area contributed by atoms with E-state index in [0.29, 0.717) is 31.7 Å². The first-order valence-corrected chi connectivity index (χ1v) is 9.30. The monoisotopic (exact) mass is 364 g/mol. The molecule has 1 aliphatic rings. The van der Waals surface area contributed by atoms with Crippen LogP contribution in [0.2, 0.25) is 0 Å². The van der Waals surface area contributed by atoms with E-state index < -0.39 is 0 Å². The first kappa shape index (κ1) is 17.5. The molecule has 140 valence electrons. The van der Waals surface area contributed by atoms with Gasteiger partial charge >= 0.3 is 6.03 Å². The van der Waals surface area contributed by atoms with Gasteiger partial charge in [0.15, 0.2) is 5.82 Å². The second-order valence-electron chi connectivity index (χ2n) is 7.36. The first-order chi connectivity index (χ1) is 13.0. The second kappa shape index (κ2) is 7.04. The minimum atomic E-state index is -0.302. The van der Waals surface area contributed by atoms with Crippen LogP contribution < -0.4 is 5.32 Å². The summed E-state index contributed by atoms with van der Waals surface area (Å²) < 4.78 is 0. The van der Waals surface area contributed by atoms with Gasteiger partial charge in [-0.05, 0) is 49.9 Å². The molecule has 1 saturated heterocycles. The number of anilines is 1. The number of aliphatic hydroxyl groups excluding tert-OH is 1. The lowest BCUT2D eigenvalue weighted by atomic mass is 10.00. The number of hydrogen-bond acceptors (Lipinski definition) is 3. The van der Waals surface area contributed by atoms with Crippen LogP contribution >= 0.6 is 0 Å². The van der Waals surface area contributed by atoms with E-state index in [2.05, 4.69) is 59.7 Å². The summed E-state index contributed by atoms with van der Waals surface area (Å²) in [6.45, 7) is 5.31. The highest BCUT2D eigenvalue weighted by Gasteiger charge is 2.22. The number of aromatic nitrogens is 2. The molecule has 0 radical (unpaired) electrons. The van der Waals surface area contributed by atoms with Crippen molar-refractivity contribution in [2.75, 3.05) is 18.4 Å². The maximum Gasteiger partial charge on any atom is 0.323 e. The fraction of sp³-hybridized carbons (Fsp3) is 0.333. The lowest BCUT2D eigenvalue weighted by Crippen LogP contribution is -2.42. The standard InChI is InChI=1S/C21H24N4O2/c1-13-9-14(2)11-16(10-13)15-3-4-18-19(12-15)23-24-20(18)22-21(27)25-7-5-17(26)6-8-25/h3-4,9-12,17,26H,5-8H2,1-2H3,(H2,22,23,24,27). The number of H-pyrrole nitrogens is 1. The molecule has 1 fully saturated rings. The van der Waals surface area contributed by atoms with Crippen LogP contribution in [0.15, 0.2) is 36.4 Å². The van der Waals surface area contributed by atoms with Gasteiger partial charge in [0.05, 0.1) is 11.6 Å². The summed E-state index contributed by atoms with van der Waals surface area (Å²) in [6.07, 6.45) is 0.936. The molecule has 0 atom stereocenters. The van der Waals surface area contributed by atoms with Crippen LogP contribution in [0.3, 0.4) is 0 Å². The number of nitrogens with one attached hydrogen (secondary N) is 2. The van der Waals surface area contributed by atoms with Crippen molar-refractivity contribution in [1.82, 2.24) is 15.1 Å². The van der Waals surface area contributed by atoms with Crippen LogP contribution in [0, 0.1) is 13.8 Å². The first-order valence-electron chi connectivity index (χ1n) is 9.30. The molecule has 0 aliphatic carbocycles. The van der Waals surface area contributed by atoms with Crippen molar-refractivity contribution < 1.29 is 9.90 Å². The van der Waals surface area contributed by atoms with Gasteiger partial charge < -0.3 is 10.0 Å². The number of benzene rings is 2. The zero-order chi connectivity index (χ0) is 19.0. The molecule has 27 heavy (non-hydrogen) atoms. The lowest BCUT2D eigenvalue weighted by Gasteiger charge is -2.29. The van der Waals surface area contributed by atoms with Gasteiger partial charge in [-0.1, -0.05) is 35.4 Å². The van der Waals surface area contributed by atoms with E-state index in [1.54, 1.807) is 4.90 Å². The van der Waals surface area contributed by atoms with Crippen molar-refractivity contribution in [2.24, 2.45) is 0 Å². The van der Waals surface area contributed by atoms with Gasteiger partial charge in [0.25, 0.3) is 0 Å². The van der Waals surface area contributed by atoms with Crippen molar-refractivity contribution in [3.63, 3.8) is 0 Å². The van der Waals surface area contributed by atoms with Crippen LogP contribution in [0.1, 0.15) is 24.0 Å². The van der Waals surface area contributed by atoms with Gasteiger partial charge in [-0.3, -0.25) is 10.4 Å². The van der Waals surface area contributed by atoms with Crippen LogP contribution in [0.5, 0.6) is 0 Å². The van der Waals surface area contributed by atoms with E-state index in [9.17, 15) is 9.90 Å². The molecule has 0 bridgehead atoms. The predicted molar refractivity (Wildman–Crippen MR) is 107 cm³/mol. The Labute approximate surface area is 158 Å². The average Bonchev–Trinajstić information content (AvgIpc) is 3.03. The molecule has 0 unspecified atom stereocenters.